The van der Waals surface area contributed by atoms with Crippen LogP contribution in [-0.2, 0) is 14.8 Å². The van der Waals surface area contributed by atoms with E-state index < -0.39 is 15.6 Å². The molecule has 5 nitrogen and oxygen atoms in total. The molecule has 1 heterocycles. The number of nitrogens with zero attached hydrogens (tertiary/aromatic N) is 1. The highest BCUT2D eigenvalue weighted by Crippen LogP contribution is 2.31. The Hall–Kier alpha value is -0.620. The lowest BCUT2D eigenvalue weighted by Gasteiger charge is -2.39. The fourth-order valence-electron chi connectivity index (χ4n) is 3.64. The minimum absolute atomic E-state index is 0.00160. The zero-order chi connectivity index (χ0) is 15.5. The number of nitrogens with one attached hydrogen (secondary N) is 1. The lowest BCUT2D eigenvalue weighted by molar-refractivity contribution is -0.139. The molecule has 0 bridgehead atoms. The number of carbonyl (C=O) groups excluding carboxylic acids is 1. The molecule has 1 saturated carbocycles. The molecule has 1 aliphatic carbocycles. The molecular formula is C15H28N2O3S. The van der Waals surface area contributed by atoms with Crippen LogP contribution in [0.5, 0.6) is 0 Å². The van der Waals surface area contributed by atoms with E-state index in [9.17, 15) is 13.2 Å². The van der Waals surface area contributed by atoms with Gasteiger partial charge in [0.25, 0.3) is 0 Å². The summed E-state index contributed by atoms with van der Waals surface area (Å²) in [6.07, 6.45) is 8.50. The van der Waals surface area contributed by atoms with Crippen LogP contribution in [0.3, 0.4) is 0 Å². The molecule has 6 heteroatoms. The summed E-state index contributed by atoms with van der Waals surface area (Å²) in [5.74, 6) is 0.648. The monoisotopic (exact) mass is 316 g/mol. The molecule has 1 amide bonds. The molecule has 21 heavy (non-hydrogen) atoms. The smallest absolute Gasteiger partial charge is 0.243 e. The third-order valence-electron chi connectivity index (χ3n) is 4.80. The number of carbonyl (C=O) groups is 1. The zero-order valence-electron chi connectivity index (χ0n) is 13.2. The molecule has 0 aromatic rings. The molecule has 0 aromatic heterocycles. The van der Waals surface area contributed by atoms with Crippen LogP contribution in [0.15, 0.2) is 0 Å². The number of amides is 1. The molecule has 2 rings (SSSR count). The van der Waals surface area contributed by atoms with Gasteiger partial charge in [0, 0.05) is 13.1 Å². The van der Waals surface area contributed by atoms with Crippen LogP contribution in [0.25, 0.3) is 0 Å². The Bertz CT molecular complexity index is 469. The summed E-state index contributed by atoms with van der Waals surface area (Å²) in [6, 6.07) is 0. The third kappa shape index (κ3) is 4.42. The average Bonchev–Trinajstić information content (AvgIpc) is 2.62. The van der Waals surface area contributed by atoms with E-state index in [0.717, 1.165) is 57.9 Å². The Morgan fingerprint density at radius 3 is 2.38 bits per heavy atom. The predicted octanol–water partition coefficient (Wildman–Crippen LogP) is 1.89. The van der Waals surface area contributed by atoms with Crippen LogP contribution in [0.2, 0.25) is 0 Å². The summed E-state index contributed by atoms with van der Waals surface area (Å²) in [5.41, 5.74) is -0.889. The van der Waals surface area contributed by atoms with Gasteiger partial charge in [0.2, 0.25) is 15.9 Å². The second kappa shape index (κ2) is 6.65. The molecule has 2 fully saturated rings. The van der Waals surface area contributed by atoms with Gasteiger partial charge in [-0.25, -0.2) is 8.42 Å². The third-order valence-corrected chi connectivity index (χ3v) is 5.56. The van der Waals surface area contributed by atoms with Gasteiger partial charge in [-0.2, -0.15) is 4.72 Å². The highest BCUT2D eigenvalue weighted by Gasteiger charge is 2.44. The van der Waals surface area contributed by atoms with Crippen molar-refractivity contribution in [2.75, 3.05) is 19.3 Å². The van der Waals surface area contributed by atoms with Crippen LogP contribution in [0.1, 0.15) is 58.3 Å². The Morgan fingerprint density at radius 1 is 1.10 bits per heavy atom. The minimum Gasteiger partial charge on any atom is -0.341 e. The number of hydrogen-bond acceptors (Lipinski definition) is 3. The molecule has 0 aromatic carbocycles. The first kappa shape index (κ1) is 16.7. The molecule has 0 radical (unpaired) electrons. The molecular weight excluding hydrogens is 288 g/mol. The van der Waals surface area contributed by atoms with Crippen molar-refractivity contribution in [3.8, 4) is 0 Å². The van der Waals surface area contributed by atoms with Crippen LogP contribution >= 0.6 is 0 Å². The minimum atomic E-state index is -3.38. The first-order valence-electron chi connectivity index (χ1n) is 8.11. The Balaban J connectivity index is 2.17. The van der Waals surface area contributed by atoms with E-state index in [2.05, 4.69) is 11.6 Å². The Morgan fingerprint density at radius 2 is 1.76 bits per heavy atom. The van der Waals surface area contributed by atoms with E-state index in [1.165, 1.54) is 0 Å². The van der Waals surface area contributed by atoms with Crippen molar-refractivity contribution < 1.29 is 13.2 Å². The lowest BCUT2D eigenvalue weighted by atomic mass is 9.81. The first-order chi connectivity index (χ1) is 9.82. The fourth-order valence-corrected chi connectivity index (χ4v) is 4.64. The van der Waals surface area contributed by atoms with Gasteiger partial charge in [-0.1, -0.05) is 26.2 Å². The molecule has 1 atom stereocenters. The van der Waals surface area contributed by atoms with Gasteiger partial charge in [0.05, 0.1) is 6.26 Å². The van der Waals surface area contributed by atoms with Crippen molar-refractivity contribution >= 4 is 15.9 Å². The summed E-state index contributed by atoms with van der Waals surface area (Å²) in [7, 11) is -3.38. The van der Waals surface area contributed by atoms with Gasteiger partial charge >= 0.3 is 0 Å². The number of hydrogen-bond donors (Lipinski definition) is 1. The summed E-state index contributed by atoms with van der Waals surface area (Å²) >= 11 is 0. The topological polar surface area (TPSA) is 66.5 Å². The normalized spacial score (nSPS) is 27.1. The van der Waals surface area contributed by atoms with Gasteiger partial charge in [0.1, 0.15) is 5.54 Å². The maximum Gasteiger partial charge on any atom is 0.243 e. The quantitative estimate of drug-likeness (QED) is 0.864. The predicted molar refractivity (Wildman–Crippen MR) is 83.4 cm³/mol. The summed E-state index contributed by atoms with van der Waals surface area (Å²) in [6.45, 7) is 3.74. The number of rotatable bonds is 3. The van der Waals surface area contributed by atoms with Crippen LogP contribution in [-0.4, -0.2) is 44.1 Å². The second-order valence-electron chi connectivity index (χ2n) is 6.85. The van der Waals surface area contributed by atoms with Gasteiger partial charge in [0.15, 0.2) is 0 Å². The van der Waals surface area contributed by atoms with Crippen molar-refractivity contribution in [1.82, 2.24) is 9.62 Å². The van der Waals surface area contributed by atoms with Crippen LogP contribution in [0.4, 0.5) is 0 Å². The lowest BCUT2D eigenvalue weighted by Crippen LogP contribution is -2.60. The van der Waals surface area contributed by atoms with Gasteiger partial charge < -0.3 is 4.90 Å². The van der Waals surface area contributed by atoms with E-state index in [1.807, 2.05) is 4.90 Å². The maximum atomic E-state index is 13.0. The van der Waals surface area contributed by atoms with Crippen LogP contribution < -0.4 is 4.72 Å². The molecule has 0 spiro atoms. The number of sulfonamides is 1. The van der Waals surface area contributed by atoms with E-state index in [1.54, 1.807) is 0 Å². The largest absolute Gasteiger partial charge is 0.341 e. The number of likely N-dealkylation sites (tertiary alicyclic amines) is 1. The summed E-state index contributed by atoms with van der Waals surface area (Å²) in [5, 5.41) is 0. The zero-order valence-corrected chi connectivity index (χ0v) is 14.0. The van der Waals surface area contributed by atoms with Crippen molar-refractivity contribution in [2.24, 2.45) is 5.92 Å². The van der Waals surface area contributed by atoms with Gasteiger partial charge in [-0.05, 0) is 38.0 Å². The van der Waals surface area contributed by atoms with E-state index >= 15 is 0 Å². The highest BCUT2D eigenvalue weighted by atomic mass is 32.2. The SMILES string of the molecule is C[C@@H]1CCCN(C(=O)C2(NS(C)(=O)=O)CCCCC2)CC1. The van der Waals surface area contributed by atoms with Crippen molar-refractivity contribution in [3.63, 3.8) is 0 Å². The molecule has 1 N–H and O–H groups in total. The maximum absolute atomic E-state index is 13.0. The van der Waals surface area contributed by atoms with E-state index in [4.69, 9.17) is 0 Å². The average molecular weight is 316 g/mol. The second-order valence-corrected chi connectivity index (χ2v) is 8.59. The Labute approximate surface area is 128 Å². The van der Waals surface area contributed by atoms with Crippen LogP contribution in [0, 0.1) is 5.92 Å². The standard InChI is InChI=1S/C15H28N2O3S/c1-13-7-6-11-17(12-8-13)14(18)15(16-21(2,19)20)9-4-3-5-10-15/h13,16H,3-12H2,1-2H3/t13-/m1/s1. The fraction of sp³-hybridized carbons (Fsp3) is 0.933. The van der Waals surface area contributed by atoms with Crippen molar-refractivity contribution in [1.29, 1.82) is 0 Å². The van der Waals surface area contributed by atoms with Gasteiger partial charge in [-0.3, -0.25) is 4.79 Å². The first-order valence-corrected chi connectivity index (χ1v) is 10.00. The highest BCUT2D eigenvalue weighted by molar-refractivity contribution is 7.88. The molecule has 1 saturated heterocycles. The van der Waals surface area contributed by atoms with Crippen molar-refractivity contribution in [2.45, 2.75) is 63.8 Å². The summed E-state index contributed by atoms with van der Waals surface area (Å²) < 4.78 is 26.1. The molecule has 1 aliphatic heterocycles. The molecule has 122 valence electrons. The van der Waals surface area contributed by atoms with E-state index in [-0.39, 0.29) is 5.91 Å². The molecule has 0 unspecified atom stereocenters. The van der Waals surface area contributed by atoms with E-state index in [0.29, 0.717) is 18.8 Å². The molecule has 2 aliphatic rings. The van der Waals surface area contributed by atoms with Gasteiger partial charge in [-0.15, -0.1) is 0 Å². The van der Waals surface area contributed by atoms with Crippen molar-refractivity contribution in [3.05, 3.63) is 0 Å². The summed E-state index contributed by atoms with van der Waals surface area (Å²) in [4.78, 5) is 14.9. The Kier molecular flexibility index (Phi) is 5.30.